The number of hydrogen-bond acceptors (Lipinski definition) is 5. The maximum atomic E-state index is 12.2. The van der Waals surface area contributed by atoms with Crippen molar-refractivity contribution in [3.05, 3.63) is 62.1 Å². The third-order valence-corrected chi connectivity index (χ3v) is 4.46. The van der Waals surface area contributed by atoms with Crippen molar-refractivity contribution in [2.24, 2.45) is 0 Å². The Morgan fingerprint density at radius 2 is 2.00 bits per heavy atom. The molecule has 0 aliphatic rings. The zero-order chi connectivity index (χ0) is 16.6. The summed E-state index contributed by atoms with van der Waals surface area (Å²) >= 11 is 12.9. The lowest BCUT2D eigenvalue weighted by Gasteiger charge is -2.04. The molecule has 9 heteroatoms. The molecule has 23 heavy (non-hydrogen) atoms. The molecular formula is C14H7Cl2N3O3S. The molecule has 0 radical (unpaired) electrons. The number of halogens is 2. The van der Waals surface area contributed by atoms with Crippen molar-refractivity contribution in [1.29, 1.82) is 0 Å². The molecule has 0 saturated heterocycles. The van der Waals surface area contributed by atoms with Gasteiger partial charge in [0.1, 0.15) is 0 Å². The highest BCUT2D eigenvalue weighted by Crippen LogP contribution is 2.30. The van der Waals surface area contributed by atoms with Gasteiger partial charge < -0.3 is 0 Å². The summed E-state index contributed by atoms with van der Waals surface area (Å²) in [5.74, 6) is -0.430. The molecule has 2 aromatic carbocycles. The van der Waals surface area contributed by atoms with E-state index in [-0.39, 0.29) is 16.3 Å². The van der Waals surface area contributed by atoms with Crippen LogP contribution in [-0.2, 0) is 0 Å². The topological polar surface area (TPSA) is 85.1 Å². The van der Waals surface area contributed by atoms with Crippen LogP contribution in [0.4, 0.5) is 10.8 Å². The summed E-state index contributed by atoms with van der Waals surface area (Å²) in [6.45, 7) is 0. The van der Waals surface area contributed by atoms with Gasteiger partial charge in [-0.2, -0.15) is 0 Å². The minimum absolute atomic E-state index is 0.0280. The van der Waals surface area contributed by atoms with Gasteiger partial charge in [-0.15, -0.1) is 0 Å². The first-order valence-corrected chi connectivity index (χ1v) is 7.82. The average molecular weight is 368 g/mol. The van der Waals surface area contributed by atoms with Crippen molar-refractivity contribution in [2.45, 2.75) is 0 Å². The number of benzene rings is 2. The summed E-state index contributed by atoms with van der Waals surface area (Å²) in [5, 5.41) is 14.4. The van der Waals surface area contributed by atoms with Gasteiger partial charge in [0.25, 0.3) is 11.6 Å². The Balaban J connectivity index is 1.89. The van der Waals surface area contributed by atoms with Crippen LogP contribution in [0.3, 0.4) is 0 Å². The Morgan fingerprint density at radius 1 is 1.22 bits per heavy atom. The van der Waals surface area contributed by atoms with E-state index in [2.05, 4.69) is 10.3 Å². The van der Waals surface area contributed by atoms with Crippen LogP contribution in [0.15, 0.2) is 36.4 Å². The van der Waals surface area contributed by atoms with Crippen molar-refractivity contribution in [2.75, 3.05) is 5.32 Å². The summed E-state index contributed by atoms with van der Waals surface area (Å²) in [7, 11) is 0. The van der Waals surface area contributed by atoms with Crippen LogP contribution < -0.4 is 5.32 Å². The molecule has 0 spiro atoms. The molecule has 1 heterocycles. The van der Waals surface area contributed by atoms with E-state index in [4.69, 9.17) is 23.2 Å². The number of nitro benzene ring substituents is 1. The molecule has 0 aliphatic carbocycles. The Morgan fingerprint density at radius 3 is 2.70 bits per heavy atom. The number of carbonyl (C=O) groups is 1. The van der Waals surface area contributed by atoms with Crippen molar-refractivity contribution < 1.29 is 9.72 Å². The number of nitrogens with zero attached hydrogens (tertiary/aromatic N) is 2. The largest absolute Gasteiger partial charge is 0.298 e. The van der Waals surface area contributed by atoms with Crippen LogP contribution in [0.5, 0.6) is 0 Å². The average Bonchev–Trinajstić information content (AvgIpc) is 2.87. The number of aromatic nitrogens is 1. The standard InChI is InChI=1S/C14H7Cl2N3O3S/c15-7-1-3-9(10(16)5-7)13(20)18-14-17-11-4-2-8(19(21)22)6-12(11)23-14/h1-6H,(H,17,18,20). The molecule has 0 saturated carbocycles. The first kappa shape index (κ1) is 15.7. The number of fused-ring (bicyclic) bond motifs is 1. The van der Waals surface area contributed by atoms with Gasteiger partial charge in [0.15, 0.2) is 5.13 Å². The van der Waals surface area contributed by atoms with Crippen molar-refractivity contribution in [3.8, 4) is 0 Å². The summed E-state index contributed by atoms with van der Waals surface area (Å²) in [6, 6.07) is 8.86. The number of amides is 1. The molecule has 0 aliphatic heterocycles. The number of nitrogens with one attached hydrogen (secondary N) is 1. The molecule has 1 amide bonds. The van der Waals surface area contributed by atoms with Crippen LogP contribution in [0.2, 0.25) is 10.0 Å². The predicted octanol–water partition coefficient (Wildman–Crippen LogP) is 4.76. The predicted molar refractivity (Wildman–Crippen MR) is 90.7 cm³/mol. The van der Waals surface area contributed by atoms with Crippen molar-refractivity contribution >= 4 is 61.5 Å². The molecule has 0 unspecified atom stereocenters. The van der Waals surface area contributed by atoms with Crippen molar-refractivity contribution in [3.63, 3.8) is 0 Å². The summed E-state index contributed by atoms with van der Waals surface area (Å²) in [5.41, 5.74) is 0.805. The fourth-order valence-electron chi connectivity index (χ4n) is 1.92. The maximum Gasteiger partial charge on any atom is 0.270 e. The zero-order valence-electron chi connectivity index (χ0n) is 11.2. The van der Waals surface area contributed by atoms with Crippen molar-refractivity contribution in [1.82, 2.24) is 4.98 Å². The molecule has 3 aromatic rings. The van der Waals surface area contributed by atoms with E-state index in [0.29, 0.717) is 20.4 Å². The quantitative estimate of drug-likeness (QED) is 0.533. The van der Waals surface area contributed by atoms with Gasteiger partial charge >= 0.3 is 0 Å². The number of non-ortho nitro benzene ring substituents is 1. The van der Waals surface area contributed by atoms with Gasteiger partial charge in [0.05, 0.1) is 25.7 Å². The van der Waals surface area contributed by atoms with Crippen LogP contribution >= 0.6 is 34.5 Å². The first-order chi connectivity index (χ1) is 10.9. The fraction of sp³-hybridized carbons (Fsp3) is 0. The lowest BCUT2D eigenvalue weighted by atomic mass is 10.2. The molecule has 3 rings (SSSR count). The lowest BCUT2D eigenvalue weighted by molar-refractivity contribution is -0.384. The van der Waals surface area contributed by atoms with E-state index in [9.17, 15) is 14.9 Å². The highest BCUT2D eigenvalue weighted by molar-refractivity contribution is 7.22. The third kappa shape index (κ3) is 3.26. The van der Waals surface area contributed by atoms with Crippen LogP contribution in [-0.4, -0.2) is 15.8 Å². The second kappa shape index (κ2) is 6.11. The van der Waals surface area contributed by atoms with Gasteiger partial charge in [0, 0.05) is 17.2 Å². The highest BCUT2D eigenvalue weighted by Gasteiger charge is 2.15. The molecule has 116 valence electrons. The summed E-state index contributed by atoms with van der Waals surface area (Å²) < 4.78 is 0.608. The number of rotatable bonds is 3. The molecule has 0 atom stereocenters. The lowest BCUT2D eigenvalue weighted by Crippen LogP contribution is -2.12. The Hall–Kier alpha value is -2.22. The highest BCUT2D eigenvalue weighted by atomic mass is 35.5. The maximum absolute atomic E-state index is 12.2. The molecule has 1 N–H and O–H groups in total. The molecule has 0 fully saturated rings. The molecule has 1 aromatic heterocycles. The van der Waals surface area contributed by atoms with Gasteiger partial charge in [0.2, 0.25) is 0 Å². The number of nitro groups is 1. The minimum atomic E-state index is -0.481. The third-order valence-electron chi connectivity index (χ3n) is 2.98. The molecule has 6 nitrogen and oxygen atoms in total. The molecular weight excluding hydrogens is 361 g/mol. The van der Waals surface area contributed by atoms with E-state index in [1.165, 1.54) is 30.3 Å². The van der Waals surface area contributed by atoms with Crippen LogP contribution in [0.25, 0.3) is 10.2 Å². The van der Waals surface area contributed by atoms with E-state index in [0.717, 1.165) is 11.3 Å². The van der Waals surface area contributed by atoms with Crippen LogP contribution in [0.1, 0.15) is 10.4 Å². The molecule has 0 bridgehead atoms. The fourth-order valence-corrected chi connectivity index (χ4v) is 3.31. The van der Waals surface area contributed by atoms with Gasteiger partial charge in [-0.05, 0) is 24.3 Å². The SMILES string of the molecule is O=C(Nc1nc2ccc([N+](=O)[O-])cc2s1)c1ccc(Cl)cc1Cl. The van der Waals surface area contributed by atoms with E-state index in [1.807, 2.05) is 0 Å². The normalized spacial score (nSPS) is 10.7. The number of thiazole rings is 1. The van der Waals surface area contributed by atoms with Gasteiger partial charge in [-0.1, -0.05) is 34.5 Å². The van der Waals surface area contributed by atoms with Gasteiger partial charge in [-0.3, -0.25) is 20.2 Å². The van der Waals surface area contributed by atoms with E-state index < -0.39 is 10.8 Å². The smallest absolute Gasteiger partial charge is 0.270 e. The van der Waals surface area contributed by atoms with E-state index in [1.54, 1.807) is 6.07 Å². The number of carbonyl (C=O) groups excluding carboxylic acids is 1. The van der Waals surface area contributed by atoms with Gasteiger partial charge in [-0.25, -0.2) is 4.98 Å². The Bertz CT molecular complexity index is 942. The Kier molecular flexibility index (Phi) is 4.16. The monoisotopic (exact) mass is 367 g/mol. The second-order valence-corrected chi connectivity index (χ2v) is 6.38. The Labute approximate surface area is 143 Å². The second-order valence-electron chi connectivity index (χ2n) is 4.51. The van der Waals surface area contributed by atoms with Crippen LogP contribution in [0, 0.1) is 10.1 Å². The zero-order valence-corrected chi connectivity index (χ0v) is 13.6. The number of anilines is 1. The first-order valence-electron chi connectivity index (χ1n) is 6.25. The summed E-state index contributed by atoms with van der Waals surface area (Å²) in [6.07, 6.45) is 0. The minimum Gasteiger partial charge on any atom is -0.298 e. The summed E-state index contributed by atoms with van der Waals surface area (Å²) in [4.78, 5) is 26.7. The number of hydrogen-bond donors (Lipinski definition) is 1. The van der Waals surface area contributed by atoms with E-state index >= 15 is 0 Å².